The van der Waals surface area contributed by atoms with Gasteiger partial charge in [-0.25, -0.2) is 0 Å². The number of aryl methyl sites for hydroxylation is 1. The molecule has 0 aliphatic carbocycles. The van der Waals surface area contributed by atoms with Gasteiger partial charge in [-0.15, -0.1) is 0 Å². The van der Waals surface area contributed by atoms with Gasteiger partial charge in [0.25, 0.3) is 0 Å². The molecule has 0 radical (unpaired) electrons. The lowest BCUT2D eigenvalue weighted by molar-refractivity contribution is 0.0404. The Hall–Kier alpha value is -1.19. The third kappa shape index (κ3) is 2.98. The van der Waals surface area contributed by atoms with Crippen LogP contribution in [0.2, 0.25) is 0 Å². The van der Waals surface area contributed by atoms with Crippen molar-refractivity contribution in [2.24, 2.45) is 5.73 Å². The highest BCUT2D eigenvalue weighted by Crippen LogP contribution is 2.22. The molecule has 98 valence electrons. The topological polar surface area (TPSA) is 52.3 Å². The normalized spacial score (nSPS) is 23.2. The van der Waals surface area contributed by atoms with Crippen LogP contribution in [-0.2, 0) is 11.2 Å². The maximum Gasteiger partial charge on any atom is 0.191 e. The van der Waals surface area contributed by atoms with Crippen molar-refractivity contribution in [3.8, 4) is 0 Å². The predicted octanol–water partition coefficient (Wildman–Crippen LogP) is 2.33. The summed E-state index contributed by atoms with van der Waals surface area (Å²) < 4.78 is 5.63. The largest absolute Gasteiger partial charge is 0.366 e. The second kappa shape index (κ2) is 6.12. The summed E-state index contributed by atoms with van der Waals surface area (Å²) in [4.78, 5) is 12.2. The Labute approximate surface area is 108 Å². The van der Waals surface area contributed by atoms with Gasteiger partial charge >= 0.3 is 0 Å². The minimum atomic E-state index is -0.296. The molecule has 18 heavy (non-hydrogen) atoms. The van der Waals surface area contributed by atoms with E-state index in [0.717, 1.165) is 31.2 Å². The van der Waals surface area contributed by atoms with E-state index in [9.17, 15) is 4.79 Å². The lowest BCUT2D eigenvalue weighted by Crippen LogP contribution is -2.25. The van der Waals surface area contributed by atoms with E-state index in [1.165, 1.54) is 5.56 Å². The SMILES string of the molecule is CCCc1ccc(C(=O)C2CCC(CN)O2)cc1. The van der Waals surface area contributed by atoms with Crippen LogP contribution in [0.1, 0.15) is 42.1 Å². The number of rotatable bonds is 5. The molecule has 1 aliphatic rings. The molecule has 0 saturated carbocycles. The van der Waals surface area contributed by atoms with E-state index < -0.39 is 0 Å². The monoisotopic (exact) mass is 247 g/mol. The smallest absolute Gasteiger partial charge is 0.191 e. The summed E-state index contributed by atoms with van der Waals surface area (Å²) in [7, 11) is 0. The fourth-order valence-electron chi connectivity index (χ4n) is 2.38. The van der Waals surface area contributed by atoms with Gasteiger partial charge in [-0.05, 0) is 24.8 Å². The van der Waals surface area contributed by atoms with Crippen molar-refractivity contribution in [2.45, 2.75) is 44.8 Å². The zero-order valence-corrected chi connectivity index (χ0v) is 10.9. The molecule has 1 saturated heterocycles. The van der Waals surface area contributed by atoms with Gasteiger partial charge in [-0.2, -0.15) is 0 Å². The maximum atomic E-state index is 12.2. The van der Waals surface area contributed by atoms with Crippen molar-refractivity contribution < 1.29 is 9.53 Å². The highest BCUT2D eigenvalue weighted by Gasteiger charge is 2.30. The van der Waals surface area contributed by atoms with Gasteiger partial charge in [0.2, 0.25) is 0 Å². The standard InChI is InChI=1S/C15H21NO2/c1-2-3-11-4-6-12(7-5-11)15(17)14-9-8-13(10-16)18-14/h4-7,13-14H,2-3,8-10,16H2,1H3. The van der Waals surface area contributed by atoms with E-state index in [1.54, 1.807) is 0 Å². The Morgan fingerprint density at radius 2 is 2.06 bits per heavy atom. The summed E-state index contributed by atoms with van der Waals surface area (Å²) >= 11 is 0. The van der Waals surface area contributed by atoms with Crippen molar-refractivity contribution in [3.63, 3.8) is 0 Å². The van der Waals surface area contributed by atoms with Crippen molar-refractivity contribution in [1.82, 2.24) is 0 Å². The van der Waals surface area contributed by atoms with Crippen LogP contribution < -0.4 is 5.73 Å². The average Bonchev–Trinajstić information content (AvgIpc) is 2.88. The molecule has 2 rings (SSSR count). The molecular weight excluding hydrogens is 226 g/mol. The van der Waals surface area contributed by atoms with Gasteiger partial charge in [-0.3, -0.25) is 4.79 Å². The molecule has 3 nitrogen and oxygen atoms in total. The van der Waals surface area contributed by atoms with Crippen LogP contribution in [0.25, 0.3) is 0 Å². The molecular formula is C15H21NO2. The highest BCUT2D eigenvalue weighted by atomic mass is 16.5. The second-order valence-corrected chi connectivity index (χ2v) is 4.87. The maximum absolute atomic E-state index is 12.2. The van der Waals surface area contributed by atoms with Crippen molar-refractivity contribution in [2.75, 3.05) is 6.54 Å². The Bertz CT molecular complexity index is 399. The van der Waals surface area contributed by atoms with Gasteiger partial charge in [0, 0.05) is 12.1 Å². The van der Waals surface area contributed by atoms with Crippen LogP contribution in [-0.4, -0.2) is 24.5 Å². The lowest BCUT2D eigenvalue weighted by atomic mass is 10.0. The van der Waals surface area contributed by atoms with Gasteiger partial charge in [0.05, 0.1) is 6.10 Å². The van der Waals surface area contributed by atoms with Gasteiger partial charge in [0.1, 0.15) is 6.10 Å². The molecule has 1 aromatic rings. The molecule has 0 aromatic heterocycles. The summed E-state index contributed by atoms with van der Waals surface area (Å²) in [6.45, 7) is 2.65. The predicted molar refractivity (Wildman–Crippen MR) is 71.7 cm³/mol. The number of ketones is 1. The molecule has 1 heterocycles. The van der Waals surface area contributed by atoms with Crippen LogP contribution in [0.15, 0.2) is 24.3 Å². The van der Waals surface area contributed by atoms with Gasteiger partial charge in [-0.1, -0.05) is 37.6 Å². The number of benzene rings is 1. The number of ether oxygens (including phenoxy) is 1. The minimum Gasteiger partial charge on any atom is -0.366 e. The van der Waals surface area contributed by atoms with E-state index in [0.29, 0.717) is 6.54 Å². The summed E-state index contributed by atoms with van der Waals surface area (Å²) in [6.07, 6.45) is 3.62. The van der Waals surface area contributed by atoms with Crippen LogP contribution in [0.4, 0.5) is 0 Å². The van der Waals surface area contributed by atoms with E-state index in [1.807, 2.05) is 24.3 Å². The number of nitrogens with two attached hydrogens (primary N) is 1. The van der Waals surface area contributed by atoms with Crippen molar-refractivity contribution >= 4 is 5.78 Å². The Morgan fingerprint density at radius 3 is 2.61 bits per heavy atom. The van der Waals surface area contributed by atoms with Crippen LogP contribution in [0.5, 0.6) is 0 Å². The molecule has 1 fully saturated rings. The first-order chi connectivity index (χ1) is 8.74. The van der Waals surface area contributed by atoms with Crippen molar-refractivity contribution in [3.05, 3.63) is 35.4 Å². The Morgan fingerprint density at radius 1 is 1.33 bits per heavy atom. The lowest BCUT2D eigenvalue weighted by Gasteiger charge is -2.11. The van der Waals surface area contributed by atoms with E-state index in [-0.39, 0.29) is 18.0 Å². The molecule has 2 N–H and O–H groups in total. The number of hydrogen-bond donors (Lipinski definition) is 1. The molecule has 1 aliphatic heterocycles. The first-order valence-electron chi connectivity index (χ1n) is 6.73. The molecule has 2 atom stereocenters. The van der Waals surface area contributed by atoms with E-state index >= 15 is 0 Å². The molecule has 1 aromatic carbocycles. The van der Waals surface area contributed by atoms with Crippen molar-refractivity contribution in [1.29, 1.82) is 0 Å². The van der Waals surface area contributed by atoms with Gasteiger partial charge < -0.3 is 10.5 Å². The zero-order valence-electron chi connectivity index (χ0n) is 10.9. The summed E-state index contributed by atoms with van der Waals surface area (Å²) in [5.41, 5.74) is 7.58. The first kappa shape index (κ1) is 13.2. The molecule has 0 amide bonds. The fourth-order valence-corrected chi connectivity index (χ4v) is 2.38. The number of carbonyl (C=O) groups excluding carboxylic acids is 1. The van der Waals surface area contributed by atoms with Crippen LogP contribution >= 0.6 is 0 Å². The van der Waals surface area contributed by atoms with Crippen LogP contribution in [0, 0.1) is 0 Å². The quantitative estimate of drug-likeness (QED) is 0.812. The molecule has 3 heteroatoms. The van der Waals surface area contributed by atoms with Crippen LogP contribution in [0.3, 0.4) is 0 Å². The molecule has 0 bridgehead atoms. The summed E-state index contributed by atoms with van der Waals surface area (Å²) in [5.74, 6) is 0.0917. The number of hydrogen-bond acceptors (Lipinski definition) is 3. The first-order valence-corrected chi connectivity index (χ1v) is 6.73. The Kier molecular flexibility index (Phi) is 4.50. The third-order valence-corrected chi connectivity index (χ3v) is 3.44. The Balaban J connectivity index is 2.00. The van der Waals surface area contributed by atoms with E-state index in [2.05, 4.69) is 6.92 Å². The fraction of sp³-hybridized carbons (Fsp3) is 0.533. The van der Waals surface area contributed by atoms with E-state index in [4.69, 9.17) is 10.5 Å². The number of Topliss-reactive ketones (excluding diaryl/α,β-unsaturated/α-hetero) is 1. The average molecular weight is 247 g/mol. The second-order valence-electron chi connectivity index (χ2n) is 4.87. The summed E-state index contributed by atoms with van der Waals surface area (Å²) in [5, 5.41) is 0. The highest BCUT2D eigenvalue weighted by molar-refractivity contribution is 5.99. The third-order valence-electron chi connectivity index (χ3n) is 3.44. The zero-order chi connectivity index (χ0) is 13.0. The molecule has 2 unspecified atom stereocenters. The molecule has 0 spiro atoms. The van der Waals surface area contributed by atoms with Gasteiger partial charge in [0.15, 0.2) is 5.78 Å². The minimum absolute atomic E-state index is 0.0540. The number of carbonyl (C=O) groups is 1. The summed E-state index contributed by atoms with van der Waals surface area (Å²) in [6, 6.07) is 7.89.